The van der Waals surface area contributed by atoms with Crippen molar-refractivity contribution in [1.29, 1.82) is 0 Å². The number of amides is 1. The van der Waals surface area contributed by atoms with Gasteiger partial charge in [0, 0.05) is 17.4 Å². The number of phenolic OH excluding ortho intramolecular Hbond substituents is 1. The van der Waals surface area contributed by atoms with Crippen LogP contribution in [0.4, 0.5) is 10.5 Å². The minimum absolute atomic E-state index is 0.0847. The SMILES string of the molecule is C[C@@H](/C=C/C(=O)O)[C@@H](OC(=O)Nc1cccc2ccccc12)c1ccc(O)cc1. The highest BCUT2D eigenvalue weighted by molar-refractivity contribution is 6.00. The van der Waals surface area contributed by atoms with Crippen molar-refractivity contribution in [2.75, 3.05) is 5.32 Å². The number of hydrogen-bond acceptors (Lipinski definition) is 4. The molecule has 0 aromatic heterocycles. The van der Waals surface area contributed by atoms with Crippen LogP contribution in [-0.4, -0.2) is 22.3 Å². The van der Waals surface area contributed by atoms with Crippen LogP contribution in [0.1, 0.15) is 18.6 Å². The number of aliphatic carboxylic acids is 1. The van der Waals surface area contributed by atoms with E-state index in [1.54, 1.807) is 25.1 Å². The molecule has 148 valence electrons. The van der Waals surface area contributed by atoms with Gasteiger partial charge in [0.15, 0.2) is 0 Å². The van der Waals surface area contributed by atoms with Crippen LogP contribution < -0.4 is 5.32 Å². The van der Waals surface area contributed by atoms with E-state index in [1.165, 1.54) is 18.2 Å². The third-order valence-electron chi connectivity index (χ3n) is 4.50. The van der Waals surface area contributed by atoms with Crippen LogP contribution in [-0.2, 0) is 9.53 Å². The van der Waals surface area contributed by atoms with Crippen molar-refractivity contribution in [3.63, 3.8) is 0 Å². The lowest BCUT2D eigenvalue weighted by Gasteiger charge is -2.23. The Morgan fingerprint density at radius 1 is 1.00 bits per heavy atom. The van der Waals surface area contributed by atoms with Gasteiger partial charge in [-0.15, -0.1) is 0 Å². The van der Waals surface area contributed by atoms with Gasteiger partial charge in [0.1, 0.15) is 11.9 Å². The number of hydrogen-bond donors (Lipinski definition) is 3. The summed E-state index contributed by atoms with van der Waals surface area (Å²) in [5.41, 5.74) is 1.25. The third kappa shape index (κ3) is 5.13. The average Bonchev–Trinajstić information content (AvgIpc) is 2.71. The zero-order chi connectivity index (χ0) is 20.8. The molecule has 0 radical (unpaired) electrons. The van der Waals surface area contributed by atoms with Crippen molar-refractivity contribution >= 4 is 28.5 Å². The number of benzene rings is 3. The lowest BCUT2D eigenvalue weighted by molar-refractivity contribution is -0.131. The maximum atomic E-state index is 12.6. The number of carboxylic acids is 1. The van der Waals surface area contributed by atoms with E-state index in [1.807, 2.05) is 36.4 Å². The maximum absolute atomic E-state index is 12.6. The predicted molar refractivity (Wildman–Crippen MR) is 111 cm³/mol. The number of carboxylic acid groups (broad SMARTS) is 1. The highest BCUT2D eigenvalue weighted by Gasteiger charge is 2.23. The highest BCUT2D eigenvalue weighted by Crippen LogP contribution is 2.30. The van der Waals surface area contributed by atoms with E-state index < -0.39 is 24.1 Å². The van der Waals surface area contributed by atoms with E-state index in [9.17, 15) is 14.7 Å². The number of carbonyl (C=O) groups is 2. The number of carbonyl (C=O) groups excluding carboxylic acids is 1. The summed E-state index contributed by atoms with van der Waals surface area (Å²) >= 11 is 0. The van der Waals surface area contributed by atoms with E-state index in [-0.39, 0.29) is 5.75 Å². The minimum Gasteiger partial charge on any atom is -0.508 e. The number of aromatic hydroxyl groups is 1. The smallest absolute Gasteiger partial charge is 0.412 e. The van der Waals surface area contributed by atoms with Crippen LogP contribution in [0.5, 0.6) is 5.75 Å². The summed E-state index contributed by atoms with van der Waals surface area (Å²) < 4.78 is 5.65. The molecular formula is C23H21NO5. The molecule has 0 fully saturated rings. The molecule has 0 saturated heterocycles. The van der Waals surface area contributed by atoms with Crippen molar-refractivity contribution in [2.45, 2.75) is 13.0 Å². The average molecular weight is 391 g/mol. The molecule has 6 heteroatoms. The van der Waals surface area contributed by atoms with Crippen LogP contribution in [0.15, 0.2) is 78.9 Å². The van der Waals surface area contributed by atoms with Crippen molar-refractivity contribution in [3.05, 3.63) is 84.4 Å². The summed E-state index contributed by atoms with van der Waals surface area (Å²) in [6.45, 7) is 1.75. The molecule has 3 N–H and O–H groups in total. The Morgan fingerprint density at radius 2 is 1.69 bits per heavy atom. The van der Waals surface area contributed by atoms with Gasteiger partial charge in [-0.3, -0.25) is 5.32 Å². The Labute approximate surface area is 168 Å². The zero-order valence-electron chi connectivity index (χ0n) is 15.8. The normalized spacial score (nSPS) is 13.1. The first-order chi connectivity index (χ1) is 13.9. The third-order valence-corrected chi connectivity index (χ3v) is 4.50. The van der Waals surface area contributed by atoms with Gasteiger partial charge in [-0.05, 0) is 29.1 Å². The molecule has 0 saturated carbocycles. The molecule has 6 nitrogen and oxygen atoms in total. The van der Waals surface area contributed by atoms with Crippen molar-refractivity contribution in [3.8, 4) is 5.75 Å². The summed E-state index contributed by atoms with van der Waals surface area (Å²) in [6.07, 6.45) is 1.09. The van der Waals surface area contributed by atoms with Crippen LogP contribution in [0.2, 0.25) is 0 Å². The molecule has 0 spiro atoms. The minimum atomic E-state index is -1.08. The molecule has 3 aromatic carbocycles. The summed E-state index contributed by atoms with van der Waals surface area (Å²) in [5.74, 6) is -1.41. The fourth-order valence-corrected chi connectivity index (χ4v) is 3.07. The van der Waals surface area contributed by atoms with Crippen LogP contribution >= 0.6 is 0 Å². The van der Waals surface area contributed by atoms with Gasteiger partial charge in [0.05, 0.1) is 5.69 Å². The van der Waals surface area contributed by atoms with E-state index in [4.69, 9.17) is 9.84 Å². The molecule has 0 aliphatic heterocycles. The number of rotatable bonds is 6. The number of anilines is 1. The summed E-state index contributed by atoms with van der Waals surface area (Å²) in [7, 11) is 0. The quantitative estimate of drug-likeness (QED) is 0.507. The van der Waals surface area contributed by atoms with Gasteiger partial charge < -0.3 is 14.9 Å². The first-order valence-electron chi connectivity index (χ1n) is 9.09. The topological polar surface area (TPSA) is 95.9 Å². The number of ether oxygens (including phenoxy) is 1. The van der Waals surface area contributed by atoms with E-state index in [2.05, 4.69) is 5.32 Å². The molecule has 0 heterocycles. The summed E-state index contributed by atoms with van der Waals surface area (Å²) in [6, 6.07) is 19.5. The molecule has 0 aliphatic rings. The van der Waals surface area contributed by atoms with E-state index >= 15 is 0 Å². The Hall–Kier alpha value is -3.80. The second-order valence-electron chi connectivity index (χ2n) is 6.63. The second-order valence-corrected chi connectivity index (χ2v) is 6.63. The van der Waals surface area contributed by atoms with E-state index in [0.29, 0.717) is 11.3 Å². The molecular weight excluding hydrogens is 370 g/mol. The molecule has 0 bridgehead atoms. The van der Waals surface area contributed by atoms with Gasteiger partial charge in [0.25, 0.3) is 0 Å². The molecule has 3 rings (SSSR count). The zero-order valence-corrected chi connectivity index (χ0v) is 15.8. The molecule has 2 atom stereocenters. The molecule has 0 aliphatic carbocycles. The Bertz CT molecular complexity index is 1040. The standard InChI is InChI=1S/C23H21NO5/c1-15(9-14-21(26)27)22(17-10-12-18(25)13-11-17)29-23(28)24-20-8-4-6-16-5-2-3-7-19(16)20/h2-15,22,25H,1H3,(H,24,28)(H,26,27)/b14-9+/t15-,22+/m0/s1. The number of nitrogens with one attached hydrogen (secondary N) is 1. The monoisotopic (exact) mass is 391 g/mol. The van der Waals surface area contributed by atoms with Crippen molar-refractivity contribution in [1.82, 2.24) is 0 Å². The Morgan fingerprint density at radius 3 is 2.41 bits per heavy atom. The van der Waals surface area contributed by atoms with Crippen LogP contribution in [0, 0.1) is 5.92 Å². The molecule has 0 unspecified atom stereocenters. The lowest BCUT2D eigenvalue weighted by Crippen LogP contribution is -2.21. The van der Waals surface area contributed by atoms with Gasteiger partial charge in [-0.25, -0.2) is 9.59 Å². The molecule has 3 aromatic rings. The fraction of sp³-hybridized carbons (Fsp3) is 0.130. The lowest BCUT2D eigenvalue weighted by atomic mass is 9.96. The van der Waals surface area contributed by atoms with Crippen molar-refractivity contribution in [2.24, 2.45) is 5.92 Å². The van der Waals surface area contributed by atoms with Gasteiger partial charge in [-0.1, -0.05) is 61.5 Å². The fourth-order valence-electron chi connectivity index (χ4n) is 3.07. The van der Waals surface area contributed by atoms with Gasteiger partial charge in [0.2, 0.25) is 0 Å². The van der Waals surface area contributed by atoms with Crippen LogP contribution in [0.25, 0.3) is 10.8 Å². The van der Waals surface area contributed by atoms with Gasteiger partial charge in [-0.2, -0.15) is 0 Å². The highest BCUT2D eigenvalue weighted by atomic mass is 16.6. The molecule has 1 amide bonds. The largest absolute Gasteiger partial charge is 0.508 e. The number of phenols is 1. The van der Waals surface area contributed by atoms with Gasteiger partial charge >= 0.3 is 12.1 Å². The van der Waals surface area contributed by atoms with Crippen molar-refractivity contribution < 1.29 is 24.5 Å². The molecule has 29 heavy (non-hydrogen) atoms. The predicted octanol–water partition coefficient (Wildman–Crippen LogP) is 5.11. The Kier molecular flexibility index (Phi) is 6.14. The summed E-state index contributed by atoms with van der Waals surface area (Å²) in [5, 5.41) is 23.0. The van der Waals surface area contributed by atoms with Crippen LogP contribution in [0.3, 0.4) is 0 Å². The number of fused-ring (bicyclic) bond motifs is 1. The van der Waals surface area contributed by atoms with E-state index in [0.717, 1.165) is 16.8 Å². The maximum Gasteiger partial charge on any atom is 0.412 e. The summed E-state index contributed by atoms with van der Waals surface area (Å²) in [4.78, 5) is 23.5. The first-order valence-corrected chi connectivity index (χ1v) is 9.09. The first kappa shape index (κ1) is 19.9. The second kappa shape index (κ2) is 8.93. The Balaban J connectivity index is 1.83.